The van der Waals surface area contributed by atoms with Crippen LogP contribution in [-0.2, 0) is 5.75 Å². The van der Waals surface area contributed by atoms with E-state index in [2.05, 4.69) is 20.8 Å². The van der Waals surface area contributed by atoms with Crippen LogP contribution in [0.1, 0.15) is 28.5 Å². The quantitative estimate of drug-likeness (QED) is 0.558. The highest BCUT2D eigenvalue weighted by atomic mass is 35.5. The lowest BCUT2D eigenvalue weighted by Gasteiger charge is -2.09. The number of halogens is 1. The fourth-order valence-corrected chi connectivity index (χ4v) is 2.77. The number of hydrogen-bond acceptors (Lipinski definition) is 6. The zero-order chi connectivity index (χ0) is 15.8. The number of aryl methyl sites for hydroxylation is 1. The van der Waals surface area contributed by atoms with Crippen molar-refractivity contribution >= 4 is 30.1 Å². The maximum absolute atomic E-state index is 12.2. The number of carbonyl (C=O) groups is 1. The third-order valence-corrected chi connectivity index (χ3v) is 4.00. The fraction of sp³-hybridized carbons (Fsp3) is 0.400. The summed E-state index contributed by atoms with van der Waals surface area (Å²) in [7, 11) is 1.90. The molecule has 0 aliphatic rings. The largest absolute Gasteiger partial charge is 0.352 e. The Bertz CT molecular complexity index is 621. The Kier molecular flexibility index (Phi) is 8.68. The van der Waals surface area contributed by atoms with E-state index in [-0.39, 0.29) is 18.3 Å². The zero-order valence-corrected chi connectivity index (χ0v) is 14.8. The van der Waals surface area contributed by atoms with Gasteiger partial charge in [0.25, 0.3) is 5.91 Å². The average Bonchev–Trinajstić information content (AvgIpc) is 2.95. The number of carbonyl (C=O) groups excluding carboxylic acids is 1. The van der Waals surface area contributed by atoms with Gasteiger partial charge in [0.15, 0.2) is 5.82 Å². The van der Waals surface area contributed by atoms with E-state index in [1.54, 1.807) is 6.92 Å². The normalized spacial score (nSPS) is 10.2. The topological polar surface area (TPSA) is 80.0 Å². The molecule has 0 saturated carbocycles. The third-order valence-electron chi connectivity index (χ3n) is 2.94. The Morgan fingerprint density at radius 1 is 1.30 bits per heavy atom. The van der Waals surface area contributed by atoms with E-state index in [1.807, 2.05) is 31.3 Å². The van der Waals surface area contributed by atoms with Crippen molar-refractivity contribution in [1.29, 1.82) is 0 Å². The molecule has 0 spiro atoms. The molecule has 6 nitrogen and oxygen atoms in total. The van der Waals surface area contributed by atoms with Crippen LogP contribution in [0.4, 0.5) is 0 Å². The molecular weight excluding hydrogens is 336 g/mol. The second kappa shape index (κ2) is 10.3. The van der Waals surface area contributed by atoms with Gasteiger partial charge in [-0.1, -0.05) is 17.3 Å². The molecule has 0 bridgehead atoms. The van der Waals surface area contributed by atoms with Crippen LogP contribution in [0.25, 0.3) is 0 Å². The Morgan fingerprint density at radius 2 is 2.09 bits per heavy atom. The second-order valence-corrected chi connectivity index (χ2v) is 5.75. The lowest BCUT2D eigenvalue weighted by atomic mass is 10.2. The molecule has 2 N–H and O–H groups in total. The van der Waals surface area contributed by atoms with Crippen molar-refractivity contribution in [1.82, 2.24) is 20.8 Å². The summed E-state index contributed by atoms with van der Waals surface area (Å²) in [6, 6.07) is 7.54. The van der Waals surface area contributed by atoms with Crippen LogP contribution in [-0.4, -0.2) is 36.2 Å². The highest BCUT2D eigenvalue weighted by molar-refractivity contribution is 7.98. The number of amides is 1. The first kappa shape index (κ1) is 19.5. The first-order valence-corrected chi connectivity index (χ1v) is 8.13. The summed E-state index contributed by atoms with van der Waals surface area (Å²) in [6.45, 7) is 3.32. The summed E-state index contributed by atoms with van der Waals surface area (Å²) in [4.78, 5) is 17.3. The number of benzene rings is 1. The Hall–Kier alpha value is -1.57. The molecule has 126 valence electrons. The average molecular weight is 357 g/mol. The van der Waals surface area contributed by atoms with Gasteiger partial charge in [-0.25, -0.2) is 0 Å². The number of hydrogen-bond donors (Lipinski definition) is 2. The van der Waals surface area contributed by atoms with Gasteiger partial charge in [-0.15, -0.1) is 24.2 Å². The van der Waals surface area contributed by atoms with Crippen molar-refractivity contribution in [3.8, 4) is 0 Å². The third kappa shape index (κ3) is 6.21. The molecule has 23 heavy (non-hydrogen) atoms. The highest BCUT2D eigenvalue weighted by Crippen LogP contribution is 2.25. The van der Waals surface area contributed by atoms with Gasteiger partial charge in [0.2, 0.25) is 5.89 Å². The molecule has 0 unspecified atom stereocenters. The minimum atomic E-state index is -0.0547. The molecule has 0 fully saturated rings. The Labute approximate surface area is 146 Å². The van der Waals surface area contributed by atoms with Crippen LogP contribution in [0.15, 0.2) is 33.7 Å². The lowest BCUT2D eigenvalue weighted by Crippen LogP contribution is -2.27. The summed E-state index contributed by atoms with van der Waals surface area (Å²) in [5.41, 5.74) is 0.674. The predicted molar refractivity (Wildman–Crippen MR) is 93.2 cm³/mol. The summed E-state index contributed by atoms with van der Waals surface area (Å²) >= 11 is 1.52. The van der Waals surface area contributed by atoms with Crippen LogP contribution in [0, 0.1) is 6.92 Å². The zero-order valence-electron chi connectivity index (χ0n) is 13.2. The molecular formula is C15H21ClN4O2S. The van der Waals surface area contributed by atoms with Gasteiger partial charge in [0.1, 0.15) is 0 Å². The molecule has 0 aliphatic heterocycles. The van der Waals surface area contributed by atoms with E-state index in [0.717, 1.165) is 17.9 Å². The van der Waals surface area contributed by atoms with Gasteiger partial charge >= 0.3 is 0 Å². The monoisotopic (exact) mass is 356 g/mol. The lowest BCUT2D eigenvalue weighted by molar-refractivity contribution is 0.0950. The molecule has 1 heterocycles. The van der Waals surface area contributed by atoms with Crippen molar-refractivity contribution in [2.75, 3.05) is 20.1 Å². The van der Waals surface area contributed by atoms with Crippen molar-refractivity contribution < 1.29 is 9.32 Å². The van der Waals surface area contributed by atoms with E-state index in [9.17, 15) is 4.79 Å². The summed E-state index contributed by atoms with van der Waals surface area (Å²) < 4.78 is 5.09. The summed E-state index contributed by atoms with van der Waals surface area (Å²) in [6.07, 6.45) is 0.902. The Morgan fingerprint density at radius 3 is 2.78 bits per heavy atom. The molecule has 1 amide bonds. The number of nitrogens with zero attached hydrogens (tertiary/aromatic N) is 2. The standard InChI is InChI=1S/C15H20N4O2S.ClH/c1-11-18-14(21-19-11)10-22-13-7-4-3-6-12(13)15(20)17-9-5-8-16-2;/h3-4,6-7,16H,5,8-10H2,1-2H3,(H,17,20);1H. The van der Waals surface area contributed by atoms with Crippen LogP contribution >= 0.6 is 24.2 Å². The molecule has 1 aromatic carbocycles. The van der Waals surface area contributed by atoms with Crippen LogP contribution in [0.2, 0.25) is 0 Å². The van der Waals surface area contributed by atoms with Gasteiger partial charge in [-0.05, 0) is 39.1 Å². The highest BCUT2D eigenvalue weighted by Gasteiger charge is 2.12. The number of thioether (sulfide) groups is 1. The van der Waals surface area contributed by atoms with Crippen molar-refractivity contribution in [3.05, 3.63) is 41.5 Å². The van der Waals surface area contributed by atoms with Crippen LogP contribution in [0.3, 0.4) is 0 Å². The fourth-order valence-electron chi connectivity index (χ4n) is 1.88. The molecule has 2 aromatic rings. The number of aromatic nitrogens is 2. The van der Waals surface area contributed by atoms with E-state index in [1.165, 1.54) is 11.8 Å². The second-order valence-electron chi connectivity index (χ2n) is 4.73. The first-order chi connectivity index (χ1) is 10.7. The smallest absolute Gasteiger partial charge is 0.252 e. The molecule has 0 aliphatic carbocycles. The molecule has 2 rings (SSSR count). The van der Waals surface area contributed by atoms with Crippen molar-refractivity contribution in [2.45, 2.75) is 24.0 Å². The molecule has 8 heteroatoms. The van der Waals surface area contributed by atoms with Crippen molar-refractivity contribution in [2.24, 2.45) is 0 Å². The first-order valence-electron chi connectivity index (χ1n) is 7.14. The van der Waals surface area contributed by atoms with E-state index in [4.69, 9.17) is 4.52 Å². The van der Waals surface area contributed by atoms with E-state index in [0.29, 0.717) is 29.6 Å². The van der Waals surface area contributed by atoms with Gasteiger partial charge in [-0.3, -0.25) is 4.79 Å². The number of rotatable bonds is 8. The van der Waals surface area contributed by atoms with E-state index >= 15 is 0 Å². The van der Waals surface area contributed by atoms with E-state index < -0.39 is 0 Å². The van der Waals surface area contributed by atoms with Gasteiger partial charge < -0.3 is 15.2 Å². The minimum absolute atomic E-state index is 0. The van der Waals surface area contributed by atoms with Gasteiger partial charge in [-0.2, -0.15) is 4.98 Å². The molecule has 0 saturated heterocycles. The summed E-state index contributed by atoms with van der Waals surface area (Å²) in [5, 5.41) is 9.75. The predicted octanol–water partition coefficient (Wildman–Crippen LogP) is 2.43. The SMILES string of the molecule is CNCCCNC(=O)c1ccccc1SCc1nc(C)no1.Cl. The summed E-state index contributed by atoms with van der Waals surface area (Å²) in [5.74, 6) is 1.67. The number of nitrogens with one attached hydrogen (secondary N) is 2. The molecule has 0 radical (unpaired) electrons. The molecule has 1 aromatic heterocycles. The Balaban J connectivity index is 0.00000264. The maximum atomic E-state index is 12.2. The van der Waals surface area contributed by atoms with Gasteiger partial charge in [0, 0.05) is 11.4 Å². The maximum Gasteiger partial charge on any atom is 0.252 e. The van der Waals surface area contributed by atoms with Crippen LogP contribution in [0.5, 0.6) is 0 Å². The van der Waals surface area contributed by atoms with Crippen molar-refractivity contribution in [3.63, 3.8) is 0 Å². The van der Waals surface area contributed by atoms with Crippen LogP contribution < -0.4 is 10.6 Å². The molecule has 0 atom stereocenters. The van der Waals surface area contributed by atoms with Gasteiger partial charge in [0.05, 0.1) is 11.3 Å². The minimum Gasteiger partial charge on any atom is -0.352 e.